The maximum absolute atomic E-state index is 11.8. The van der Waals surface area contributed by atoms with Crippen LogP contribution in [0.25, 0.3) is 0 Å². The molecule has 2 rings (SSSR count). The first-order valence-corrected chi connectivity index (χ1v) is 6.09. The number of nitrogens with zero attached hydrogens (tertiary/aromatic N) is 3. The van der Waals surface area contributed by atoms with Crippen LogP contribution in [-0.4, -0.2) is 40.4 Å². The molecule has 1 amide bonds. The van der Waals surface area contributed by atoms with Crippen LogP contribution >= 0.6 is 11.6 Å². The third-order valence-electron chi connectivity index (χ3n) is 2.74. The standard InChI is InChI=1S/C10H15ClN6O/c11-7-5-14-10(16-12)15-9(7)13-6-8(18)17-3-1-2-4-17/h5H,1-4,6,12H2,(H2,13,14,15,16). The second kappa shape index (κ2) is 5.83. The van der Waals surface area contributed by atoms with Crippen molar-refractivity contribution in [1.29, 1.82) is 0 Å². The molecular weight excluding hydrogens is 256 g/mol. The lowest BCUT2D eigenvalue weighted by Gasteiger charge is -2.16. The van der Waals surface area contributed by atoms with Crippen molar-refractivity contribution in [2.75, 3.05) is 30.4 Å². The van der Waals surface area contributed by atoms with Gasteiger partial charge in [0.15, 0.2) is 5.82 Å². The zero-order chi connectivity index (χ0) is 13.0. The molecule has 1 aliphatic rings. The van der Waals surface area contributed by atoms with Crippen molar-refractivity contribution in [3.63, 3.8) is 0 Å². The molecule has 8 heteroatoms. The van der Waals surface area contributed by atoms with E-state index in [0.717, 1.165) is 25.9 Å². The van der Waals surface area contributed by atoms with Crippen LogP contribution in [0.5, 0.6) is 0 Å². The smallest absolute Gasteiger partial charge is 0.241 e. The minimum Gasteiger partial charge on any atom is -0.360 e. The summed E-state index contributed by atoms with van der Waals surface area (Å²) in [4.78, 5) is 21.5. The first kappa shape index (κ1) is 12.8. The van der Waals surface area contributed by atoms with Crippen molar-refractivity contribution >= 4 is 29.3 Å². The lowest BCUT2D eigenvalue weighted by Crippen LogP contribution is -2.33. The largest absolute Gasteiger partial charge is 0.360 e. The Morgan fingerprint density at radius 2 is 2.22 bits per heavy atom. The number of likely N-dealkylation sites (tertiary alicyclic amines) is 1. The summed E-state index contributed by atoms with van der Waals surface area (Å²) in [5, 5.41) is 3.24. The third kappa shape index (κ3) is 2.99. The maximum Gasteiger partial charge on any atom is 0.241 e. The first-order valence-electron chi connectivity index (χ1n) is 5.71. The number of aromatic nitrogens is 2. The van der Waals surface area contributed by atoms with Gasteiger partial charge in [0.05, 0.1) is 12.7 Å². The quantitative estimate of drug-likeness (QED) is 0.543. The highest BCUT2D eigenvalue weighted by Crippen LogP contribution is 2.19. The first-order chi connectivity index (χ1) is 8.70. The van der Waals surface area contributed by atoms with Crippen LogP contribution in [-0.2, 0) is 4.79 Å². The van der Waals surface area contributed by atoms with E-state index in [0.29, 0.717) is 10.8 Å². The predicted octanol–water partition coefficient (Wildman–Crippen LogP) is 0.450. The van der Waals surface area contributed by atoms with Crippen LogP contribution in [0.4, 0.5) is 11.8 Å². The van der Waals surface area contributed by atoms with Crippen molar-refractivity contribution in [3.05, 3.63) is 11.2 Å². The average Bonchev–Trinajstić information content (AvgIpc) is 2.91. The predicted molar refractivity (Wildman–Crippen MR) is 69.2 cm³/mol. The van der Waals surface area contributed by atoms with Gasteiger partial charge < -0.3 is 10.2 Å². The Kier molecular flexibility index (Phi) is 4.16. The summed E-state index contributed by atoms with van der Waals surface area (Å²) < 4.78 is 0. The van der Waals surface area contributed by atoms with E-state index in [2.05, 4.69) is 20.7 Å². The van der Waals surface area contributed by atoms with Crippen LogP contribution in [0.3, 0.4) is 0 Å². The summed E-state index contributed by atoms with van der Waals surface area (Å²) in [6.45, 7) is 1.82. The Morgan fingerprint density at radius 3 is 2.89 bits per heavy atom. The highest BCUT2D eigenvalue weighted by atomic mass is 35.5. The van der Waals surface area contributed by atoms with Gasteiger partial charge in [0, 0.05) is 13.1 Å². The number of hydrazine groups is 1. The van der Waals surface area contributed by atoms with Crippen LogP contribution in [0.1, 0.15) is 12.8 Å². The van der Waals surface area contributed by atoms with Gasteiger partial charge in [-0.3, -0.25) is 10.2 Å². The Morgan fingerprint density at radius 1 is 1.50 bits per heavy atom. The number of anilines is 2. The molecule has 0 spiro atoms. The fourth-order valence-electron chi connectivity index (χ4n) is 1.80. The van der Waals surface area contributed by atoms with Gasteiger partial charge in [0.1, 0.15) is 5.02 Å². The SMILES string of the molecule is NNc1ncc(Cl)c(NCC(=O)N2CCCC2)n1. The summed E-state index contributed by atoms with van der Waals surface area (Å²) in [5.41, 5.74) is 2.32. The Bertz CT molecular complexity index is 434. The number of nitrogens with one attached hydrogen (secondary N) is 2. The van der Waals surface area contributed by atoms with Crippen LogP contribution < -0.4 is 16.6 Å². The van der Waals surface area contributed by atoms with Crippen molar-refractivity contribution in [1.82, 2.24) is 14.9 Å². The molecule has 2 heterocycles. The van der Waals surface area contributed by atoms with Crippen molar-refractivity contribution in [2.45, 2.75) is 12.8 Å². The Balaban J connectivity index is 1.94. The van der Waals surface area contributed by atoms with E-state index >= 15 is 0 Å². The summed E-state index contributed by atoms with van der Waals surface area (Å²) >= 11 is 5.92. The second-order valence-corrected chi connectivity index (χ2v) is 4.38. The molecule has 1 aromatic rings. The molecule has 7 nitrogen and oxygen atoms in total. The van der Waals surface area contributed by atoms with Crippen LogP contribution in [0, 0.1) is 0 Å². The van der Waals surface area contributed by atoms with Crippen LogP contribution in [0.2, 0.25) is 5.02 Å². The molecule has 98 valence electrons. The molecule has 4 N–H and O–H groups in total. The monoisotopic (exact) mass is 270 g/mol. The van der Waals surface area contributed by atoms with Gasteiger partial charge in [-0.1, -0.05) is 11.6 Å². The molecule has 0 saturated carbocycles. The van der Waals surface area contributed by atoms with E-state index in [1.807, 2.05) is 4.90 Å². The molecule has 1 fully saturated rings. The van der Waals surface area contributed by atoms with Crippen molar-refractivity contribution in [2.24, 2.45) is 5.84 Å². The minimum atomic E-state index is 0.0458. The highest BCUT2D eigenvalue weighted by Gasteiger charge is 2.17. The molecule has 18 heavy (non-hydrogen) atoms. The molecule has 0 unspecified atom stereocenters. The zero-order valence-corrected chi connectivity index (χ0v) is 10.6. The number of carbonyl (C=O) groups excluding carboxylic acids is 1. The molecule has 0 aliphatic carbocycles. The van der Waals surface area contributed by atoms with Gasteiger partial charge >= 0.3 is 0 Å². The number of nitrogens with two attached hydrogens (primary N) is 1. The lowest BCUT2D eigenvalue weighted by atomic mass is 10.4. The molecule has 0 bridgehead atoms. The number of hydrogen-bond donors (Lipinski definition) is 3. The third-order valence-corrected chi connectivity index (χ3v) is 3.02. The summed E-state index contributed by atoms with van der Waals surface area (Å²) in [7, 11) is 0. The van der Waals surface area contributed by atoms with E-state index in [9.17, 15) is 4.79 Å². The van der Waals surface area contributed by atoms with Gasteiger partial charge in [-0.15, -0.1) is 0 Å². The van der Waals surface area contributed by atoms with Gasteiger partial charge in [0.2, 0.25) is 11.9 Å². The van der Waals surface area contributed by atoms with Crippen molar-refractivity contribution < 1.29 is 4.79 Å². The molecule has 1 aromatic heterocycles. The fraction of sp³-hybridized carbons (Fsp3) is 0.500. The molecule has 1 saturated heterocycles. The Labute approximate surface area is 110 Å². The second-order valence-electron chi connectivity index (χ2n) is 3.98. The number of carbonyl (C=O) groups is 1. The average molecular weight is 271 g/mol. The van der Waals surface area contributed by atoms with Gasteiger partial charge in [0.25, 0.3) is 0 Å². The number of nitrogen functional groups attached to an aromatic ring is 1. The molecule has 0 atom stereocenters. The zero-order valence-electron chi connectivity index (χ0n) is 9.82. The van der Waals surface area contributed by atoms with Gasteiger partial charge in [-0.2, -0.15) is 4.98 Å². The van der Waals surface area contributed by atoms with E-state index in [4.69, 9.17) is 17.4 Å². The summed E-state index contributed by atoms with van der Waals surface area (Å²) in [6.07, 6.45) is 3.56. The van der Waals surface area contributed by atoms with E-state index in [-0.39, 0.29) is 18.4 Å². The van der Waals surface area contributed by atoms with E-state index in [1.54, 1.807) is 0 Å². The number of hydrogen-bond acceptors (Lipinski definition) is 6. The minimum absolute atomic E-state index is 0.0458. The van der Waals surface area contributed by atoms with Crippen LogP contribution in [0.15, 0.2) is 6.20 Å². The molecule has 1 aliphatic heterocycles. The molecular formula is C10H15ClN6O. The van der Waals surface area contributed by atoms with E-state index in [1.165, 1.54) is 6.20 Å². The molecule has 0 aromatic carbocycles. The fourth-order valence-corrected chi connectivity index (χ4v) is 1.96. The van der Waals surface area contributed by atoms with Crippen molar-refractivity contribution in [3.8, 4) is 0 Å². The maximum atomic E-state index is 11.8. The number of halogens is 1. The van der Waals surface area contributed by atoms with E-state index < -0.39 is 0 Å². The Hall–Kier alpha value is -1.60. The number of rotatable bonds is 4. The summed E-state index contributed by atoms with van der Waals surface area (Å²) in [5.74, 6) is 5.89. The normalized spacial score (nSPS) is 14.7. The van der Waals surface area contributed by atoms with Gasteiger partial charge in [-0.25, -0.2) is 10.8 Å². The summed E-state index contributed by atoms with van der Waals surface area (Å²) in [6, 6.07) is 0. The van der Waals surface area contributed by atoms with Gasteiger partial charge in [-0.05, 0) is 12.8 Å². The lowest BCUT2D eigenvalue weighted by molar-refractivity contribution is -0.128. The number of amides is 1. The topological polar surface area (TPSA) is 96.2 Å². The molecule has 0 radical (unpaired) electrons. The highest BCUT2D eigenvalue weighted by molar-refractivity contribution is 6.32.